The van der Waals surface area contributed by atoms with Crippen LogP contribution in [0.2, 0.25) is 0 Å². The van der Waals surface area contributed by atoms with E-state index in [-0.39, 0.29) is 11.8 Å². The normalized spacial score (nSPS) is 13.1. The summed E-state index contributed by atoms with van der Waals surface area (Å²) in [4.78, 5) is 23.4. The average Bonchev–Trinajstić information content (AvgIpc) is 2.54. The molecule has 0 fully saturated rings. The molecule has 2 atom stereocenters. The number of hydrogen-bond acceptors (Lipinski definition) is 4. The molecule has 0 bridgehead atoms. The van der Waals surface area contributed by atoms with E-state index in [0.717, 1.165) is 30.6 Å². The Morgan fingerprint density at radius 2 is 2.00 bits per heavy atom. The van der Waals surface area contributed by atoms with Crippen molar-refractivity contribution in [3.05, 3.63) is 24.3 Å². The lowest BCUT2D eigenvalue weighted by molar-refractivity contribution is -0.125. The number of amides is 1. The lowest BCUT2D eigenvalue weighted by atomic mass is 9.94. The van der Waals surface area contributed by atoms with Crippen LogP contribution in [0.4, 0.5) is 5.69 Å². The van der Waals surface area contributed by atoms with Crippen LogP contribution in [-0.2, 0) is 9.59 Å². The summed E-state index contributed by atoms with van der Waals surface area (Å²) in [6, 6.07) is 6.72. The summed E-state index contributed by atoms with van der Waals surface area (Å²) < 4.78 is 5.10. The molecule has 0 heterocycles. The predicted octanol–water partition coefficient (Wildman–Crippen LogP) is 2.23. The molecule has 1 rings (SSSR count). The van der Waals surface area contributed by atoms with Gasteiger partial charge in [0.1, 0.15) is 18.1 Å². The van der Waals surface area contributed by atoms with E-state index in [2.05, 4.69) is 17.6 Å². The molecule has 0 radical (unpaired) electrons. The molecule has 1 amide bonds. The van der Waals surface area contributed by atoms with Crippen LogP contribution in [0.15, 0.2) is 24.3 Å². The van der Waals surface area contributed by atoms with Crippen LogP contribution in [0.1, 0.15) is 26.2 Å². The molecule has 5 nitrogen and oxygen atoms in total. The number of carbonyl (C=O) groups is 2. The van der Waals surface area contributed by atoms with Crippen LogP contribution in [0.3, 0.4) is 0 Å². The fourth-order valence-electron chi connectivity index (χ4n) is 2.14. The number of methoxy groups -OCH3 is 1. The molecule has 0 spiro atoms. The summed E-state index contributed by atoms with van der Waals surface area (Å²) in [6.07, 6.45) is 3.47. The van der Waals surface area contributed by atoms with Gasteiger partial charge in [0.25, 0.3) is 0 Å². The van der Waals surface area contributed by atoms with Gasteiger partial charge in [0.2, 0.25) is 5.91 Å². The van der Waals surface area contributed by atoms with Gasteiger partial charge < -0.3 is 20.2 Å². The van der Waals surface area contributed by atoms with E-state index in [1.54, 1.807) is 14.2 Å². The molecule has 0 saturated carbocycles. The Morgan fingerprint density at radius 1 is 1.33 bits per heavy atom. The first-order valence-corrected chi connectivity index (χ1v) is 7.23. The average molecular weight is 292 g/mol. The highest BCUT2D eigenvalue weighted by Crippen LogP contribution is 2.19. The van der Waals surface area contributed by atoms with Gasteiger partial charge in [-0.3, -0.25) is 4.79 Å². The molecular formula is C16H24N2O3. The maximum Gasteiger partial charge on any atom is 0.242 e. The molecular weight excluding hydrogens is 268 g/mol. The monoisotopic (exact) mass is 292 g/mol. The molecule has 0 aliphatic heterocycles. The van der Waals surface area contributed by atoms with E-state index < -0.39 is 6.04 Å². The van der Waals surface area contributed by atoms with Crippen LogP contribution in [0.25, 0.3) is 0 Å². The maximum atomic E-state index is 12.0. The first-order chi connectivity index (χ1) is 10.2. The minimum atomic E-state index is -0.563. The number of hydrogen-bond donors (Lipinski definition) is 2. The molecule has 116 valence electrons. The van der Waals surface area contributed by atoms with Gasteiger partial charge in [-0.2, -0.15) is 0 Å². The SMILES string of the molecule is CCCCC(C=O)C(Nc1ccc(OC)cc1)C(=O)NC. The number of aldehydes is 1. The van der Waals surface area contributed by atoms with Gasteiger partial charge in [0.05, 0.1) is 7.11 Å². The number of unbranched alkanes of at least 4 members (excludes halogenated alkanes) is 1. The van der Waals surface area contributed by atoms with Crippen LogP contribution in [-0.4, -0.2) is 32.4 Å². The van der Waals surface area contributed by atoms with Crippen molar-refractivity contribution in [1.29, 1.82) is 0 Å². The van der Waals surface area contributed by atoms with Crippen molar-refractivity contribution in [2.24, 2.45) is 5.92 Å². The number of nitrogens with one attached hydrogen (secondary N) is 2. The molecule has 0 aromatic heterocycles. The van der Waals surface area contributed by atoms with Crippen LogP contribution >= 0.6 is 0 Å². The third-order valence-corrected chi connectivity index (χ3v) is 3.44. The molecule has 0 aliphatic carbocycles. The zero-order valence-electron chi connectivity index (χ0n) is 12.9. The lowest BCUT2D eigenvalue weighted by Crippen LogP contribution is -2.43. The first kappa shape index (κ1) is 17.0. The second-order valence-corrected chi connectivity index (χ2v) is 4.91. The summed E-state index contributed by atoms with van der Waals surface area (Å²) in [6.45, 7) is 2.06. The van der Waals surface area contributed by atoms with Crippen LogP contribution in [0.5, 0.6) is 5.75 Å². The van der Waals surface area contributed by atoms with Crippen molar-refractivity contribution in [2.45, 2.75) is 32.2 Å². The first-order valence-electron chi connectivity index (χ1n) is 7.23. The van der Waals surface area contributed by atoms with Crippen molar-refractivity contribution < 1.29 is 14.3 Å². The second kappa shape index (κ2) is 9.00. The topological polar surface area (TPSA) is 67.4 Å². The van der Waals surface area contributed by atoms with Gasteiger partial charge in [-0.15, -0.1) is 0 Å². The summed E-state index contributed by atoms with van der Waals surface area (Å²) in [7, 11) is 3.18. The Morgan fingerprint density at radius 3 is 2.48 bits per heavy atom. The predicted molar refractivity (Wildman–Crippen MR) is 83.6 cm³/mol. The van der Waals surface area contributed by atoms with Crippen molar-refractivity contribution in [2.75, 3.05) is 19.5 Å². The molecule has 2 unspecified atom stereocenters. The minimum absolute atomic E-state index is 0.181. The summed E-state index contributed by atoms with van der Waals surface area (Å²) in [5, 5.41) is 5.76. The maximum absolute atomic E-state index is 12.0. The molecule has 5 heteroatoms. The Labute approximate surface area is 126 Å². The standard InChI is InChI=1S/C16H24N2O3/c1-4-5-6-12(11-19)15(16(20)17-2)18-13-7-9-14(21-3)10-8-13/h7-12,15,18H,4-6H2,1-3H3,(H,17,20). The van der Waals surface area contributed by atoms with E-state index in [4.69, 9.17) is 4.74 Å². The largest absolute Gasteiger partial charge is 0.497 e. The molecule has 1 aromatic carbocycles. The van der Waals surface area contributed by atoms with E-state index in [1.807, 2.05) is 24.3 Å². The van der Waals surface area contributed by atoms with Crippen molar-refractivity contribution >= 4 is 17.9 Å². The molecule has 0 saturated heterocycles. The van der Waals surface area contributed by atoms with Gasteiger partial charge in [-0.1, -0.05) is 19.8 Å². The highest BCUT2D eigenvalue weighted by atomic mass is 16.5. The van der Waals surface area contributed by atoms with E-state index >= 15 is 0 Å². The molecule has 21 heavy (non-hydrogen) atoms. The Bertz CT molecular complexity index is 445. The van der Waals surface area contributed by atoms with Crippen molar-refractivity contribution in [1.82, 2.24) is 5.32 Å². The molecule has 2 N–H and O–H groups in total. The third-order valence-electron chi connectivity index (χ3n) is 3.44. The highest BCUT2D eigenvalue weighted by Gasteiger charge is 2.26. The van der Waals surface area contributed by atoms with E-state index in [1.165, 1.54) is 0 Å². The number of anilines is 1. The number of likely N-dealkylation sites (N-methyl/N-ethyl adjacent to an activating group) is 1. The fourth-order valence-corrected chi connectivity index (χ4v) is 2.14. The lowest BCUT2D eigenvalue weighted by Gasteiger charge is -2.23. The van der Waals surface area contributed by atoms with Crippen molar-refractivity contribution in [3.63, 3.8) is 0 Å². The molecule has 0 aliphatic rings. The Hall–Kier alpha value is -2.04. The van der Waals surface area contributed by atoms with E-state index in [9.17, 15) is 9.59 Å². The van der Waals surface area contributed by atoms with Gasteiger partial charge in [0.15, 0.2) is 0 Å². The Kier molecular flexibility index (Phi) is 7.29. The number of rotatable bonds is 9. The Balaban J connectivity index is 2.85. The molecule has 1 aromatic rings. The number of ether oxygens (including phenoxy) is 1. The zero-order valence-corrected chi connectivity index (χ0v) is 12.9. The highest BCUT2D eigenvalue weighted by molar-refractivity contribution is 5.87. The minimum Gasteiger partial charge on any atom is -0.497 e. The number of benzene rings is 1. The fraction of sp³-hybridized carbons (Fsp3) is 0.500. The third kappa shape index (κ3) is 5.10. The number of carbonyl (C=O) groups excluding carboxylic acids is 2. The van der Waals surface area contributed by atoms with Crippen molar-refractivity contribution in [3.8, 4) is 5.75 Å². The van der Waals surface area contributed by atoms with Crippen LogP contribution < -0.4 is 15.4 Å². The zero-order chi connectivity index (χ0) is 15.7. The van der Waals surface area contributed by atoms with Gasteiger partial charge in [0, 0.05) is 18.7 Å². The summed E-state index contributed by atoms with van der Waals surface area (Å²) in [5.41, 5.74) is 0.785. The van der Waals surface area contributed by atoms with Gasteiger partial charge >= 0.3 is 0 Å². The van der Waals surface area contributed by atoms with E-state index in [0.29, 0.717) is 6.42 Å². The van der Waals surface area contributed by atoms with Gasteiger partial charge in [-0.25, -0.2) is 0 Å². The smallest absolute Gasteiger partial charge is 0.242 e. The second-order valence-electron chi connectivity index (χ2n) is 4.91. The quantitative estimate of drug-likeness (QED) is 0.685. The van der Waals surface area contributed by atoms with Gasteiger partial charge in [-0.05, 0) is 30.7 Å². The summed E-state index contributed by atoms with van der Waals surface area (Å²) in [5.74, 6) is 0.223. The van der Waals surface area contributed by atoms with Crippen LogP contribution in [0, 0.1) is 5.92 Å². The summed E-state index contributed by atoms with van der Waals surface area (Å²) >= 11 is 0.